The van der Waals surface area contributed by atoms with Crippen molar-refractivity contribution in [1.82, 2.24) is 24.6 Å². The Morgan fingerprint density at radius 3 is 3.15 bits per heavy atom. The van der Waals surface area contributed by atoms with E-state index in [2.05, 4.69) is 25.3 Å². The average Bonchev–Trinajstić information content (AvgIpc) is 3.06. The van der Waals surface area contributed by atoms with E-state index in [9.17, 15) is 0 Å². The quantitative estimate of drug-likeness (QED) is 0.895. The highest BCUT2D eigenvalue weighted by molar-refractivity contribution is 5.86. The predicted octanol–water partition coefficient (Wildman–Crippen LogP) is 1.40. The van der Waals surface area contributed by atoms with Crippen LogP contribution < -0.4 is 5.32 Å². The minimum Gasteiger partial charge on any atom is -0.367 e. The lowest BCUT2D eigenvalue weighted by Gasteiger charge is -2.35. The van der Waals surface area contributed by atoms with Gasteiger partial charge < -0.3 is 10.2 Å². The zero-order chi connectivity index (χ0) is 13.5. The molecule has 2 unspecified atom stereocenters. The third-order valence-electron chi connectivity index (χ3n) is 4.69. The molecule has 6 heteroatoms. The molecule has 0 aliphatic carbocycles. The van der Waals surface area contributed by atoms with E-state index >= 15 is 0 Å². The van der Waals surface area contributed by atoms with Crippen LogP contribution in [0, 0.1) is 0 Å². The smallest absolute Gasteiger partial charge is 0.163 e. The summed E-state index contributed by atoms with van der Waals surface area (Å²) in [4.78, 5) is 11.3. The van der Waals surface area contributed by atoms with Crippen molar-refractivity contribution in [3.8, 4) is 0 Å². The number of rotatable bonds is 2. The normalized spacial score (nSPS) is 26.9. The van der Waals surface area contributed by atoms with Crippen LogP contribution in [0.1, 0.15) is 25.7 Å². The molecule has 1 N–H and O–H groups in total. The summed E-state index contributed by atoms with van der Waals surface area (Å²) in [5.41, 5.74) is 0.890. The SMILES string of the molecule is Cn1ncc2c(NC3CCN4CCCC4C3)ncnc21. The number of anilines is 1. The van der Waals surface area contributed by atoms with Gasteiger partial charge in [0.05, 0.1) is 11.6 Å². The minimum absolute atomic E-state index is 0.521. The standard InChI is InChI=1S/C14H20N6/c1-19-14-12(8-17-19)13(15-9-16-14)18-10-4-6-20-5-2-3-11(20)7-10/h8-11H,2-7H2,1H3,(H,15,16,18). The van der Waals surface area contributed by atoms with E-state index in [1.165, 1.54) is 38.8 Å². The highest BCUT2D eigenvalue weighted by Gasteiger charge is 2.31. The first-order valence-corrected chi connectivity index (χ1v) is 7.44. The molecule has 2 atom stereocenters. The lowest BCUT2D eigenvalue weighted by molar-refractivity contribution is 0.188. The van der Waals surface area contributed by atoms with E-state index in [1.54, 1.807) is 11.0 Å². The van der Waals surface area contributed by atoms with Crippen molar-refractivity contribution in [1.29, 1.82) is 0 Å². The van der Waals surface area contributed by atoms with Gasteiger partial charge in [0.2, 0.25) is 0 Å². The third kappa shape index (κ3) is 1.95. The van der Waals surface area contributed by atoms with Crippen molar-refractivity contribution in [2.75, 3.05) is 18.4 Å². The molecule has 2 aliphatic rings. The molecule has 4 rings (SSSR count). The maximum absolute atomic E-state index is 4.41. The van der Waals surface area contributed by atoms with E-state index in [1.807, 2.05) is 13.2 Å². The monoisotopic (exact) mass is 272 g/mol. The maximum Gasteiger partial charge on any atom is 0.163 e. The van der Waals surface area contributed by atoms with Gasteiger partial charge in [-0.2, -0.15) is 5.10 Å². The average molecular weight is 272 g/mol. The summed E-state index contributed by atoms with van der Waals surface area (Å²) in [5, 5.41) is 8.90. The van der Waals surface area contributed by atoms with Crippen molar-refractivity contribution in [3.05, 3.63) is 12.5 Å². The first-order valence-electron chi connectivity index (χ1n) is 7.44. The molecule has 0 saturated carbocycles. The van der Waals surface area contributed by atoms with E-state index in [0.29, 0.717) is 6.04 Å². The van der Waals surface area contributed by atoms with Crippen LogP contribution in [0.25, 0.3) is 11.0 Å². The largest absolute Gasteiger partial charge is 0.367 e. The van der Waals surface area contributed by atoms with Gasteiger partial charge in [0, 0.05) is 25.7 Å². The molecule has 0 spiro atoms. The topological polar surface area (TPSA) is 58.9 Å². The fraction of sp³-hybridized carbons (Fsp3) is 0.643. The molecule has 0 bridgehead atoms. The van der Waals surface area contributed by atoms with Crippen LogP contribution in [-0.4, -0.2) is 49.8 Å². The summed E-state index contributed by atoms with van der Waals surface area (Å²) in [7, 11) is 1.91. The summed E-state index contributed by atoms with van der Waals surface area (Å²) < 4.78 is 1.79. The Bertz CT molecular complexity index is 621. The molecule has 0 radical (unpaired) electrons. The molecule has 106 valence electrons. The number of nitrogens with zero attached hydrogens (tertiary/aromatic N) is 5. The van der Waals surface area contributed by atoms with Crippen LogP contribution in [0.4, 0.5) is 5.82 Å². The van der Waals surface area contributed by atoms with Crippen molar-refractivity contribution >= 4 is 16.9 Å². The summed E-state index contributed by atoms with van der Waals surface area (Å²) in [6, 6.07) is 1.29. The molecule has 2 aromatic heterocycles. The second-order valence-electron chi connectivity index (χ2n) is 5.93. The van der Waals surface area contributed by atoms with Crippen LogP contribution in [0.15, 0.2) is 12.5 Å². The van der Waals surface area contributed by atoms with Crippen LogP contribution in [0.2, 0.25) is 0 Å². The van der Waals surface area contributed by atoms with Gasteiger partial charge in [0.1, 0.15) is 12.1 Å². The summed E-state index contributed by atoms with van der Waals surface area (Å²) in [6.45, 7) is 2.50. The van der Waals surface area contributed by atoms with Crippen molar-refractivity contribution in [2.45, 2.75) is 37.8 Å². The molecule has 4 heterocycles. The number of piperidine rings is 1. The minimum atomic E-state index is 0.521. The number of hydrogen-bond donors (Lipinski definition) is 1. The van der Waals surface area contributed by atoms with Crippen molar-refractivity contribution in [2.24, 2.45) is 7.05 Å². The molecule has 2 aliphatic heterocycles. The second kappa shape index (κ2) is 4.70. The molecule has 2 fully saturated rings. The van der Waals surface area contributed by atoms with Crippen LogP contribution in [0.3, 0.4) is 0 Å². The zero-order valence-electron chi connectivity index (χ0n) is 11.8. The Kier molecular flexibility index (Phi) is 2.84. The van der Waals surface area contributed by atoms with Gasteiger partial charge in [-0.1, -0.05) is 0 Å². The van der Waals surface area contributed by atoms with Gasteiger partial charge >= 0.3 is 0 Å². The summed E-state index contributed by atoms with van der Waals surface area (Å²) in [5.74, 6) is 0.930. The molecule has 6 nitrogen and oxygen atoms in total. The molecular formula is C14H20N6. The molecule has 2 saturated heterocycles. The Morgan fingerprint density at radius 2 is 2.20 bits per heavy atom. The number of fused-ring (bicyclic) bond motifs is 2. The molecule has 2 aromatic rings. The zero-order valence-corrected chi connectivity index (χ0v) is 11.8. The second-order valence-corrected chi connectivity index (χ2v) is 5.93. The number of aryl methyl sites for hydroxylation is 1. The molecule has 0 aromatic carbocycles. The third-order valence-corrected chi connectivity index (χ3v) is 4.69. The van der Waals surface area contributed by atoms with Gasteiger partial charge in [0.15, 0.2) is 5.65 Å². The summed E-state index contributed by atoms with van der Waals surface area (Å²) in [6.07, 6.45) is 8.61. The molecular weight excluding hydrogens is 252 g/mol. The van der Waals surface area contributed by atoms with Gasteiger partial charge in [-0.15, -0.1) is 0 Å². The fourth-order valence-electron chi connectivity index (χ4n) is 3.63. The van der Waals surface area contributed by atoms with Gasteiger partial charge in [-0.3, -0.25) is 4.68 Å². The van der Waals surface area contributed by atoms with Gasteiger partial charge in [-0.25, -0.2) is 9.97 Å². The number of aromatic nitrogens is 4. The van der Waals surface area contributed by atoms with Crippen LogP contribution in [-0.2, 0) is 7.05 Å². The molecule has 20 heavy (non-hydrogen) atoms. The van der Waals surface area contributed by atoms with E-state index in [-0.39, 0.29) is 0 Å². The number of hydrogen-bond acceptors (Lipinski definition) is 5. The highest BCUT2D eigenvalue weighted by atomic mass is 15.3. The van der Waals surface area contributed by atoms with E-state index in [0.717, 1.165) is 22.9 Å². The lowest BCUT2D eigenvalue weighted by atomic mass is 9.97. The summed E-state index contributed by atoms with van der Waals surface area (Å²) >= 11 is 0. The first-order chi connectivity index (χ1) is 9.81. The Hall–Kier alpha value is -1.69. The van der Waals surface area contributed by atoms with Crippen molar-refractivity contribution < 1.29 is 0 Å². The van der Waals surface area contributed by atoms with E-state index < -0.39 is 0 Å². The molecule has 0 amide bonds. The maximum atomic E-state index is 4.41. The van der Waals surface area contributed by atoms with E-state index in [4.69, 9.17) is 0 Å². The Morgan fingerprint density at radius 1 is 1.25 bits per heavy atom. The van der Waals surface area contributed by atoms with Gasteiger partial charge in [0.25, 0.3) is 0 Å². The Labute approximate surface area is 118 Å². The van der Waals surface area contributed by atoms with Crippen LogP contribution >= 0.6 is 0 Å². The predicted molar refractivity (Wildman–Crippen MR) is 77.5 cm³/mol. The number of nitrogens with one attached hydrogen (secondary N) is 1. The first kappa shape index (κ1) is 12.1. The Balaban J connectivity index is 1.55. The van der Waals surface area contributed by atoms with Crippen molar-refractivity contribution in [3.63, 3.8) is 0 Å². The lowest BCUT2D eigenvalue weighted by Crippen LogP contribution is -2.42. The fourth-order valence-corrected chi connectivity index (χ4v) is 3.63. The highest BCUT2D eigenvalue weighted by Crippen LogP contribution is 2.29. The van der Waals surface area contributed by atoms with Crippen LogP contribution in [0.5, 0.6) is 0 Å². The van der Waals surface area contributed by atoms with Gasteiger partial charge in [-0.05, 0) is 32.2 Å².